The summed E-state index contributed by atoms with van der Waals surface area (Å²) in [6.45, 7) is 4.61. The molecule has 0 aliphatic heterocycles. The van der Waals surface area contributed by atoms with Gasteiger partial charge in [0.15, 0.2) is 0 Å². The Morgan fingerprint density at radius 2 is 1.22 bits per heavy atom. The summed E-state index contributed by atoms with van der Waals surface area (Å²) >= 11 is 3.00. The first kappa shape index (κ1) is 51.0. The summed E-state index contributed by atoms with van der Waals surface area (Å²) in [7, 11) is 1.72. The van der Waals surface area contributed by atoms with E-state index in [0.29, 0.717) is 32.1 Å². The third-order valence-corrected chi connectivity index (χ3v) is 14.7. The van der Waals surface area contributed by atoms with Crippen molar-refractivity contribution in [1.29, 1.82) is 0 Å². The smallest absolute Gasteiger partial charge is 0.407 e. The molecule has 370 valence electrons. The average molecular weight is 999 g/mol. The van der Waals surface area contributed by atoms with Crippen molar-refractivity contribution in [2.45, 2.75) is 95.1 Å². The van der Waals surface area contributed by atoms with Gasteiger partial charge in [0.2, 0.25) is 5.91 Å². The number of carbonyl (C=O) groups excluding carboxylic acids is 3. The summed E-state index contributed by atoms with van der Waals surface area (Å²) in [5.41, 5.74) is 7.82. The number of imidazole rings is 1. The maximum Gasteiger partial charge on any atom is 0.407 e. The molecule has 8 aromatic rings. The molecule has 3 N–H and O–H groups in total. The molecule has 72 heavy (non-hydrogen) atoms. The lowest BCUT2D eigenvalue weighted by molar-refractivity contribution is -0.123. The zero-order chi connectivity index (χ0) is 50.1. The standard InChI is InChI=1S/C58H62N8O4S2/c1-42(2)55-62-51(39-71-55)36-65(3)56(68)64-53(32-31-50-37-66(40-60-50)58(45-23-13-6-14-24-45,46-25-15-7-16-26-46)47-27-17-8-18-28-47)54(67)61-48(33-43-19-9-4-10-20-43)29-30-49(34-44-21-11-5-12-22-44)63-57(69)70-38-52-35-59-41-72-52/h4-28,35,37,39-42,48-49,53H,29-34,36,38H2,1-3H3,(H,61,67)(H,63,69)(H,64,68)/t48-,49-,53-/m0/s1. The fraction of sp³-hybridized carbons (Fsp3) is 0.276. The molecule has 0 unspecified atom stereocenters. The van der Waals surface area contributed by atoms with Crippen LogP contribution in [0.2, 0.25) is 0 Å². The summed E-state index contributed by atoms with van der Waals surface area (Å²) in [6.07, 6.45) is 7.93. The van der Waals surface area contributed by atoms with E-state index in [2.05, 4.69) is 118 Å². The van der Waals surface area contributed by atoms with Crippen molar-refractivity contribution in [3.05, 3.63) is 230 Å². The SMILES string of the molecule is CC(C)c1nc(CN(C)C(=O)N[C@@H](CCc2cn(C(c3ccccc3)(c3ccccc3)c3ccccc3)cn2)C(=O)N[C@@H](CC[C@@H](Cc2ccccc2)NC(=O)OCc2cncs2)Cc2ccccc2)cs1. The number of alkyl carbamates (subject to hydrolysis) is 1. The van der Waals surface area contributed by atoms with Crippen LogP contribution in [0.3, 0.4) is 0 Å². The minimum atomic E-state index is -0.924. The van der Waals surface area contributed by atoms with Gasteiger partial charge >= 0.3 is 12.1 Å². The van der Waals surface area contributed by atoms with Gasteiger partial charge in [0.1, 0.15) is 18.2 Å². The van der Waals surface area contributed by atoms with Crippen LogP contribution in [-0.2, 0) is 47.5 Å². The predicted molar refractivity (Wildman–Crippen MR) is 286 cm³/mol. The Hall–Kier alpha value is -7.42. The second-order valence-electron chi connectivity index (χ2n) is 18.4. The maximum atomic E-state index is 14.9. The Morgan fingerprint density at radius 3 is 1.74 bits per heavy atom. The lowest BCUT2D eigenvalue weighted by Gasteiger charge is -2.37. The minimum Gasteiger partial charge on any atom is -0.444 e. The van der Waals surface area contributed by atoms with Gasteiger partial charge in [-0.15, -0.1) is 22.7 Å². The first-order valence-corrected chi connectivity index (χ1v) is 26.2. The average Bonchev–Trinajstić information content (AvgIpc) is 4.22. The molecule has 3 aromatic heterocycles. The number of carbonyl (C=O) groups is 3. The molecular formula is C58H62N8O4S2. The largest absolute Gasteiger partial charge is 0.444 e. The molecule has 0 fully saturated rings. The van der Waals surface area contributed by atoms with Crippen LogP contribution in [0.25, 0.3) is 0 Å². The van der Waals surface area contributed by atoms with Gasteiger partial charge in [-0.25, -0.2) is 19.6 Å². The van der Waals surface area contributed by atoms with Crippen LogP contribution in [0.1, 0.15) is 88.1 Å². The first-order valence-electron chi connectivity index (χ1n) is 24.5. The molecule has 0 spiro atoms. The van der Waals surface area contributed by atoms with Crippen molar-refractivity contribution >= 4 is 40.7 Å². The predicted octanol–water partition coefficient (Wildman–Crippen LogP) is 10.9. The van der Waals surface area contributed by atoms with Crippen LogP contribution in [0.4, 0.5) is 9.59 Å². The zero-order valence-corrected chi connectivity index (χ0v) is 42.6. The van der Waals surface area contributed by atoms with Gasteiger partial charge in [-0.2, -0.15) is 0 Å². The van der Waals surface area contributed by atoms with E-state index in [1.165, 1.54) is 11.3 Å². The normalized spacial score (nSPS) is 12.7. The Labute approximate surface area is 430 Å². The summed E-state index contributed by atoms with van der Waals surface area (Å²) in [4.78, 5) is 58.6. The molecular weight excluding hydrogens is 937 g/mol. The molecule has 0 bridgehead atoms. The van der Waals surface area contributed by atoms with E-state index >= 15 is 0 Å². The molecule has 0 aliphatic carbocycles. The van der Waals surface area contributed by atoms with Crippen LogP contribution in [0.15, 0.2) is 181 Å². The molecule has 8 rings (SSSR count). The highest BCUT2D eigenvalue weighted by atomic mass is 32.1. The number of benzene rings is 5. The van der Waals surface area contributed by atoms with Gasteiger partial charge in [0, 0.05) is 42.8 Å². The fourth-order valence-corrected chi connectivity index (χ4v) is 10.4. The third kappa shape index (κ3) is 13.5. The number of hydrogen-bond acceptors (Lipinski definition) is 9. The summed E-state index contributed by atoms with van der Waals surface area (Å²) in [5, 5.41) is 12.6. The molecule has 12 nitrogen and oxygen atoms in total. The fourth-order valence-electron chi connectivity index (χ4n) is 9.07. The molecule has 0 radical (unpaired) electrons. The molecule has 0 saturated heterocycles. The minimum absolute atomic E-state index is 0.125. The van der Waals surface area contributed by atoms with Crippen molar-refractivity contribution in [3.8, 4) is 0 Å². The summed E-state index contributed by atoms with van der Waals surface area (Å²) < 4.78 is 7.77. The molecule has 0 saturated carbocycles. The van der Waals surface area contributed by atoms with Crippen molar-refractivity contribution in [2.75, 3.05) is 7.05 Å². The number of nitrogens with zero attached hydrogens (tertiary/aromatic N) is 5. The number of amides is 4. The van der Waals surface area contributed by atoms with E-state index in [4.69, 9.17) is 14.7 Å². The van der Waals surface area contributed by atoms with Gasteiger partial charge in [-0.3, -0.25) is 9.78 Å². The monoisotopic (exact) mass is 998 g/mol. The molecule has 3 heterocycles. The number of rotatable bonds is 23. The van der Waals surface area contributed by atoms with Gasteiger partial charge in [-0.1, -0.05) is 166 Å². The number of aryl methyl sites for hydroxylation is 1. The van der Waals surface area contributed by atoms with Crippen LogP contribution in [0.5, 0.6) is 0 Å². The van der Waals surface area contributed by atoms with E-state index in [1.807, 2.05) is 90.6 Å². The highest BCUT2D eigenvalue weighted by Crippen LogP contribution is 2.41. The van der Waals surface area contributed by atoms with Gasteiger partial charge in [0.05, 0.1) is 39.7 Å². The topological polar surface area (TPSA) is 143 Å². The van der Waals surface area contributed by atoms with Crippen LogP contribution in [-0.4, -0.2) is 67.6 Å². The highest BCUT2D eigenvalue weighted by molar-refractivity contribution is 7.09. The second-order valence-corrected chi connectivity index (χ2v) is 20.2. The lowest BCUT2D eigenvalue weighted by Crippen LogP contribution is -2.53. The Morgan fingerprint density at radius 1 is 0.681 bits per heavy atom. The van der Waals surface area contributed by atoms with E-state index < -0.39 is 17.7 Å². The summed E-state index contributed by atoms with van der Waals surface area (Å²) in [5.74, 6) is -0.0366. The molecule has 0 aliphatic rings. The van der Waals surface area contributed by atoms with Crippen molar-refractivity contribution in [1.82, 2.24) is 40.4 Å². The maximum absolute atomic E-state index is 14.9. The quantitative estimate of drug-likeness (QED) is 0.0542. The highest BCUT2D eigenvalue weighted by Gasteiger charge is 2.38. The van der Waals surface area contributed by atoms with E-state index in [1.54, 1.807) is 35.0 Å². The van der Waals surface area contributed by atoms with Crippen molar-refractivity contribution < 1.29 is 19.1 Å². The molecule has 4 amide bonds. The van der Waals surface area contributed by atoms with E-state index in [9.17, 15) is 14.4 Å². The Balaban J connectivity index is 1.06. The van der Waals surface area contributed by atoms with Gasteiger partial charge < -0.3 is 30.2 Å². The number of urea groups is 1. The van der Waals surface area contributed by atoms with E-state index in [0.717, 1.165) is 49.1 Å². The molecule has 14 heteroatoms. The number of aromatic nitrogens is 4. The van der Waals surface area contributed by atoms with E-state index in [-0.39, 0.29) is 49.5 Å². The Kier molecular flexibility index (Phi) is 17.8. The van der Waals surface area contributed by atoms with Crippen LogP contribution in [0, 0.1) is 0 Å². The van der Waals surface area contributed by atoms with Crippen LogP contribution >= 0.6 is 22.7 Å². The lowest BCUT2D eigenvalue weighted by atomic mass is 9.77. The van der Waals surface area contributed by atoms with Gasteiger partial charge in [-0.05, 0) is 66.3 Å². The number of thiazole rings is 2. The third-order valence-electron chi connectivity index (χ3n) is 12.7. The van der Waals surface area contributed by atoms with Crippen molar-refractivity contribution in [2.24, 2.45) is 0 Å². The zero-order valence-electron chi connectivity index (χ0n) is 41.0. The van der Waals surface area contributed by atoms with Crippen LogP contribution < -0.4 is 16.0 Å². The number of nitrogens with one attached hydrogen (secondary N) is 3. The Bertz CT molecular complexity index is 2800. The van der Waals surface area contributed by atoms with Crippen molar-refractivity contribution in [3.63, 3.8) is 0 Å². The number of ether oxygens (including phenoxy) is 1. The summed E-state index contributed by atoms with van der Waals surface area (Å²) in [6, 6.07) is 49.3. The second kappa shape index (κ2) is 25.1. The molecule has 5 aromatic carbocycles. The van der Waals surface area contributed by atoms with Gasteiger partial charge in [0.25, 0.3) is 0 Å². The number of hydrogen-bond donors (Lipinski definition) is 3. The first-order chi connectivity index (χ1) is 35.1. The molecule has 3 atom stereocenters.